The predicted molar refractivity (Wildman–Crippen MR) is 69.5 cm³/mol. The molecule has 0 bridgehead atoms. The fraction of sp³-hybridized carbons (Fsp3) is 0.250. The van der Waals surface area contributed by atoms with E-state index < -0.39 is 0 Å². The van der Waals surface area contributed by atoms with E-state index in [0.29, 0.717) is 18.0 Å². The second-order valence-electron chi connectivity index (χ2n) is 3.92. The third-order valence-corrected chi connectivity index (χ3v) is 2.74. The Morgan fingerprint density at radius 1 is 1.50 bits per heavy atom. The van der Waals surface area contributed by atoms with Gasteiger partial charge in [-0.15, -0.1) is 0 Å². The van der Waals surface area contributed by atoms with Crippen LogP contribution < -0.4 is 5.32 Å². The molecule has 1 heterocycles. The van der Waals surface area contributed by atoms with Crippen LogP contribution in [0.1, 0.15) is 12.0 Å². The van der Waals surface area contributed by atoms with E-state index in [1.165, 1.54) is 6.33 Å². The van der Waals surface area contributed by atoms with E-state index in [2.05, 4.69) is 15.4 Å². The Morgan fingerprint density at radius 2 is 2.33 bits per heavy atom. The van der Waals surface area contributed by atoms with Crippen molar-refractivity contribution in [1.29, 1.82) is 0 Å². The van der Waals surface area contributed by atoms with E-state index in [9.17, 15) is 4.79 Å². The third kappa shape index (κ3) is 3.30. The van der Waals surface area contributed by atoms with Crippen molar-refractivity contribution in [2.24, 2.45) is 0 Å². The van der Waals surface area contributed by atoms with E-state index in [1.807, 2.05) is 13.0 Å². The summed E-state index contributed by atoms with van der Waals surface area (Å²) in [6.45, 7) is 2.43. The normalized spacial score (nSPS) is 10.3. The van der Waals surface area contributed by atoms with E-state index in [1.54, 1.807) is 23.1 Å². The van der Waals surface area contributed by atoms with Crippen molar-refractivity contribution in [1.82, 2.24) is 14.8 Å². The molecular formula is C12H13ClN4O. The Balaban J connectivity index is 1.92. The maximum absolute atomic E-state index is 11.8. The van der Waals surface area contributed by atoms with E-state index in [4.69, 9.17) is 11.6 Å². The zero-order chi connectivity index (χ0) is 13.0. The molecule has 94 valence electrons. The SMILES string of the molecule is Cc1ccc(Cl)cc1NC(=O)CCn1cncn1. The summed E-state index contributed by atoms with van der Waals surface area (Å²) in [4.78, 5) is 15.6. The van der Waals surface area contributed by atoms with Crippen LogP contribution in [0.4, 0.5) is 5.69 Å². The van der Waals surface area contributed by atoms with Crippen molar-refractivity contribution in [3.05, 3.63) is 41.4 Å². The zero-order valence-electron chi connectivity index (χ0n) is 9.93. The molecule has 0 fully saturated rings. The Labute approximate surface area is 110 Å². The first-order valence-electron chi connectivity index (χ1n) is 5.53. The molecule has 1 amide bonds. The first-order chi connectivity index (χ1) is 8.65. The number of anilines is 1. The second-order valence-corrected chi connectivity index (χ2v) is 4.35. The molecule has 0 spiro atoms. The Hall–Kier alpha value is -1.88. The van der Waals surface area contributed by atoms with Crippen LogP contribution in [0.25, 0.3) is 0 Å². The van der Waals surface area contributed by atoms with Gasteiger partial charge in [0.25, 0.3) is 0 Å². The lowest BCUT2D eigenvalue weighted by Crippen LogP contribution is -2.15. The van der Waals surface area contributed by atoms with Gasteiger partial charge in [0.15, 0.2) is 0 Å². The maximum Gasteiger partial charge on any atom is 0.226 e. The Bertz CT molecular complexity index is 539. The van der Waals surface area contributed by atoms with Crippen molar-refractivity contribution in [2.45, 2.75) is 19.9 Å². The number of aryl methyl sites for hydroxylation is 2. The molecule has 0 aliphatic rings. The molecule has 18 heavy (non-hydrogen) atoms. The molecule has 0 radical (unpaired) electrons. The van der Waals surface area contributed by atoms with Crippen molar-refractivity contribution in [3.63, 3.8) is 0 Å². The summed E-state index contributed by atoms with van der Waals surface area (Å²) in [7, 11) is 0. The molecule has 6 heteroatoms. The van der Waals surface area contributed by atoms with Gasteiger partial charge in [-0.05, 0) is 24.6 Å². The first kappa shape index (κ1) is 12.6. The summed E-state index contributed by atoms with van der Waals surface area (Å²) in [5.74, 6) is -0.0733. The molecule has 0 unspecified atom stereocenters. The van der Waals surface area contributed by atoms with Gasteiger partial charge in [0.2, 0.25) is 5.91 Å². The van der Waals surface area contributed by atoms with Gasteiger partial charge in [0, 0.05) is 17.1 Å². The number of carbonyl (C=O) groups is 1. The van der Waals surface area contributed by atoms with Crippen LogP contribution in [0.5, 0.6) is 0 Å². The average molecular weight is 265 g/mol. The van der Waals surface area contributed by atoms with Crippen LogP contribution in [0.15, 0.2) is 30.9 Å². The third-order valence-electron chi connectivity index (χ3n) is 2.51. The van der Waals surface area contributed by atoms with Crippen LogP contribution in [-0.2, 0) is 11.3 Å². The molecule has 1 N–H and O–H groups in total. The largest absolute Gasteiger partial charge is 0.326 e. The van der Waals surface area contributed by atoms with Gasteiger partial charge in [-0.3, -0.25) is 9.48 Å². The summed E-state index contributed by atoms with van der Waals surface area (Å²) in [5.41, 5.74) is 1.72. The van der Waals surface area contributed by atoms with Gasteiger partial charge in [-0.2, -0.15) is 5.10 Å². The number of hydrogen-bond donors (Lipinski definition) is 1. The van der Waals surface area contributed by atoms with Gasteiger partial charge in [-0.1, -0.05) is 17.7 Å². The molecule has 0 saturated heterocycles. The number of halogens is 1. The minimum atomic E-state index is -0.0733. The van der Waals surface area contributed by atoms with Gasteiger partial charge in [0.1, 0.15) is 12.7 Å². The Kier molecular flexibility index (Phi) is 3.94. The molecule has 2 aromatic rings. The Morgan fingerprint density at radius 3 is 3.06 bits per heavy atom. The molecule has 1 aromatic carbocycles. The van der Waals surface area contributed by atoms with Crippen LogP contribution in [-0.4, -0.2) is 20.7 Å². The highest BCUT2D eigenvalue weighted by Gasteiger charge is 2.06. The van der Waals surface area contributed by atoms with E-state index in [0.717, 1.165) is 11.3 Å². The van der Waals surface area contributed by atoms with Gasteiger partial charge < -0.3 is 5.32 Å². The molecule has 5 nitrogen and oxygen atoms in total. The van der Waals surface area contributed by atoms with Crippen molar-refractivity contribution in [2.75, 3.05) is 5.32 Å². The lowest BCUT2D eigenvalue weighted by atomic mass is 10.2. The van der Waals surface area contributed by atoms with Crippen molar-refractivity contribution < 1.29 is 4.79 Å². The minimum absolute atomic E-state index is 0.0733. The molecule has 0 aliphatic carbocycles. The van der Waals surface area contributed by atoms with Crippen LogP contribution >= 0.6 is 11.6 Å². The fourth-order valence-corrected chi connectivity index (χ4v) is 1.68. The highest BCUT2D eigenvalue weighted by Crippen LogP contribution is 2.20. The number of carbonyl (C=O) groups excluding carboxylic acids is 1. The summed E-state index contributed by atoms with van der Waals surface area (Å²) in [6, 6.07) is 5.40. The number of rotatable bonds is 4. The van der Waals surface area contributed by atoms with Crippen LogP contribution in [0.3, 0.4) is 0 Å². The van der Waals surface area contributed by atoms with Gasteiger partial charge in [0.05, 0.1) is 6.54 Å². The monoisotopic (exact) mass is 264 g/mol. The smallest absolute Gasteiger partial charge is 0.226 e. The quantitative estimate of drug-likeness (QED) is 0.922. The number of amides is 1. The van der Waals surface area contributed by atoms with E-state index in [-0.39, 0.29) is 5.91 Å². The molecular weight excluding hydrogens is 252 g/mol. The topological polar surface area (TPSA) is 59.8 Å². The number of nitrogens with one attached hydrogen (secondary N) is 1. The number of nitrogens with zero attached hydrogens (tertiary/aromatic N) is 3. The molecule has 2 rings (SSSR count). The average Bonchev–Trinajstić information content (AvgIpc) is 2.84. The van der Waals surface area contributed by atoms with Crippen molar-refractivity contribution >= 4 is 23.2 Å². The lowest BCUT2D eigenvalue weighted by molar-refractivity contribution is -0.116. The van der Waals surface area contributed by atoms with Gasteiger partial charge in [-0.25, -0.2) is 4.98 Å². The van der Waals surface area contributed by atoms with Crippen LogP contribution in [0, 0.1) is 6.92 Å². The number of aromatic nitrogens is 3. The highest BCUT2D eigenvalue weighted by molar-refractivity contribution is 6.31. The van der Waals surface area contributed by atoms with Crippen molar-refractivity contribution in [3.8, 4) is 0 Å². The maximum atomic E-state index is 11.8. The number of benzene rings is 1. The molecule has 0 saturated carbocycles. The molecule has 1 aromatic heterocycles. The van der Waals surface area contributed by atoms with Crippen LogP contribution in [0.2, 0.25) is 5.02 Å². The molecule has 0 aliphatic heterocycles. The zero-order valence-corrected chi connectivity index (χ0v) is 10.7. The summed E-state index contributed by atoms with van der Waals surface area (Å²) < 4.78 is 1.62. The highest BCUT2D eigenvalue weighted by atomic mass is 35.5. The predicted octanol–water partition coefficient (Wildman–Crippen LogP) is 2.27. The van der Waals surface area contributed by atoms with Gasteiger partial charge >= 0.3 is 0 Å². The lowest BCUT2D eigenvalue weighted by Gasteiger charge is -2.08. The number of hydrogen-bond acceptors (Lipinski definition) is 3. The minimum Gasteiger partial charge on any atom is -0.326 e. The second kappa shape index (κ2) is 5.64. The van der Waals surface area contributed by atoms with E-state index >= 15 is 0 Å². The molecule has 0 atom stereocenters. The standard InChI is InChI=1S/C12H13ClN4O/c1-9-2-3-10(13)6-11(9)16-12(18)4-5-17-8-14-7-15-17/h2-3,6-8H,4-5H2,1H3,(H,16,18). The summed E-state index contributed by atoms with van der Waals surface area (Å²) >= 11 is 5.88. The first-order valence-corrected chi connectivity index (χ1v) is 5.91. The summed E-state index contributed by atoms with van der Waals surface area (Å²) in [6.07, 6.45) is 3.37. The summed E-state index contributed by atoms with van der Waals surface area (Å²) in [5, 5.41) is 7.36. The fourth-order valence-electron chi connectivity index (χ4n) is 1.51.